The maximum atomic E-state index is 6.34. The third kappa shape index (κ3) is 6.37. The van der Waals surface area contributed by atoms with Crippen molar-refractivity contribution in [3.05, 3.63) is 248 Å². The molecule has 11 aromatic rings. The Hall–Kier alpha value is -8.40. The summed E-state index contributed by atoms with van der Waals surface area (Å²) in [5.41, 5.74) is 19.0. The lowest BCUT2D eigenvalue weighted by molar-refractivity contribution is 0.669. The number of fused-ring (bicyclic) bond motifs is 9. The van der Waals surface area contributed by atoms with Crippen molar-refractivity contribution in [2.75, 3.05) is 4.90 Å². The zero-order chi connectivity index (χ0) is 42.6. The van der Waals surface area contributed by atoms with E-state index in [0.717, 1.165) is 84.4 Å². The van der Waals surface area contributed by atoms with Gasteiger partial charge in [-0.25, -0.2) is 0 Å². The molecule has 0 amide bonds. The minimum absolute atomic E-state index is 0.861. The van der Waals surface area contributed by atoms with Crippen LogP contribution in [0.3, 0.4) is 0 Å². The number of aromatic nitrogens is 1. The molecule has 0 saturated heterocycles. The van der Waals surface area contributed by atoms with E-state index in [1.54, 1.807) is 0 Å². The second kappa shape index (κ2) is 15.5. The Labute approximate surface area is 372 Å². The van der Waals surface area contributed by atoms with Crippen molar-refractivity contribution < 1.29 is 4.42 Å². The van der Waals surface area contributed by atoms with Gasteiger partial charge >= 0.3 is 0 Å². The van der Waals surface area contributed by atoms with Crippen LogP contribution in [0.25, 0.3) is 88.4 Å². The molecule has 1 aliphatic rings. The molecular formula is C61H42N2O. The van der Waals surface area contributed by atoms with Gasteiger partial charge in [0.25, 0.3) is 0 Å². The van der Waals surface area contributed by atoms with Crippen molar-refractivity contribution in [3.63, 3.8) is 0 Å². The number of rotatable bonds is 6. The number of nitrogens with zero attached hydrogens (tertiary/aromatic N) is 2. The van der Waals surface area contributed by atoms with Crippen molar-refractivity contribution in [2.24, 2.45) is 0 Å². The average Bonchev–Trinajstić information content (AvgIpc) is 3.90. The highest BCUT2D eigenvalue weighted by atomic mass is 16.3. The second-order valence-corrected chi connectivity index (χ2v) is 16.5. The van der Waals surface area contributed by atoms with Crippen LogP contribution in [0.1, 0.15) is 11.1 Å². The SMILES string of the molecule is C=C1/C=C\C=C/Cc2ccccc2-c2cc(-n3c4ccc(-c5ccccc5)cc4c4cc(-c5ccc(N(c6ccccc6)c6cccc7oc8ccccc8c67)cc5)ccc43)ccc21. The summed E-state index contributed by atoms with van der Waals surface area (Å²) in [6, 6.07) is 74.4. The van der Waals surface area contributed by atoms with Crippen LogP contribution in [0.4, 0.5) is 17.1 Å². The number of furan rings is 1. The summed E-state index contributed by atoms with van der Waals surface area (Å²) >= 11 is 0. The first-order chi connectivity index (χ1) is 31.7. The summed E-state index contributed by atoms with van der Waals surface area (Å²) in [7, 11) is 0. The van der Waals surface area contributed by atoms with E-state index in [2.05, 4.69) is 234 Å². The van der Waals surface area contributed by atoms with Gasteiger partial charge in [0.15, 0.2) is 0 Å². The summed E-state index contributed by atoms with van der Waals surface area (Å²) in [4.78, 5) is 2.34. The molecule has 0 aliphatic heterocycles. The highest BCUT2D eigenvalue weighted by molar-refractivity contribution is 6.14. The van der Waals surface area contributed by atoms with Crippen LogP contribution < -0.4 is 4.90 Å². The Morgan fingerprint density at radius 2 is 1.09 bits per heavy atom. The number of hydrogen-bond donors (Lipinski definition) is 0. The Bertz CT molecular complexity index is 3640. The van der Waals surface area contributed by atoms with Crippen LogP contribution in [-0.4, -0.2) is 4.57 Å². The van der Waals surface area contributed by atoms with Gasteiger partial charge < -0.3 is 13.9 Å². The predicted molar refractivity (Wildman–Crippen MR) is 270 cm³/mol. The smallest absolute Gasteiger partial charge is 0.137 e. The number of allylic oxidation sites excluding steroid dienone is 5. The molecule has 0 spiro atoms. The molecule has 0 atom stereocenters. The topological polar surface area (TPSA) is 21.3 Å². The molecule has 1 aliphatic carbocycles. The highest BCUT2D eigenvalue weighted by Crippen LogP contribution is 2.44. The number of benzene rings is 9. The first kappa shape index (κ1) is 37.4. The van der Waals surface area contributed by atoms with Crippen molar-refractivity contribution in [2.45, 2.75) is 6.42 Å². The van der Waals surface area contributed by atoms with E-state index in [1.165, 1.54) is 38.6 Å². The Kier molecular flexibility index (Phi) is 9.05. The molecular weight excluding hydrogens is 777 g/mol. The van der Waals surface area contributed by atoms with Crippen LogP contribution in [0, 0.1) is 0 Å². The molecule has 0 radical (unpaired) electrons. The molecule has 9 aromatic carbocycles. The van der Waals surface area contributed by atoms with Crippen LogP contribution >= 0.6 is 0 Å². The van der Waals surface area contributed by atoms with Gasteiger partial charge in [-0.05, 0) is 135 Å². The highest BCUT2D eigenvalue weighted by Gasteiger charge is 2.21. The first-order valence-corrected chi connectivity index (χ1v) is 21.9. The Balaban J connectivity index is 1.01. The van der Waals surface area contributed by atoms with Gasteiger partial charge in [-0.15, -0.1) is 0 Å². The van der Waals surface area contributed by atoms with E-state index in [0.29, 0.717) is 0 Å². The predicted octanol–water partition coefficient (Wildman–Crippen LogP) is 16.8. The fraction of sp³-hybridized carbons (Fsp3) is 0.0164. The van der Waals surface area contributed by atoms with Gasteiger partial charge in [-0.3, -0.25) is 0 Å². The van der Waals surface area contributed by atoms with Crippen LogP contribution in [0.15, 0.2) is 242 Å². The molecule has 3 nitrogen and oxygen atoms in total. The zero-order valence-electron chi connectivity index (χ0n) is 35.2. The van der Waals surface area contributed by atoms with Gasteiger partial charge in [0.2, 0.25) is 0 Å². The lowest BCUT2D eigenvalue weighted by atomic mass is 9.90. The van der Waals surface area contributed by atoms with Crippen LogP contribution in [0.5, 0.6) is 0 Å². The molecule has 0 bridgehead atoms. The number of para-hydroxylation sites is 2. The van der Waals surface area contributed by atoms with Gasteiger partial charge in [0.1, 0.15) is 11.2 Å². The van der Waals surface area contributed by atoms with E-state index in [9.17, 15) is 0 Å². The van der Waals surface area contributed by atoms with Crippen molar-refractivity contribution in [1.29, 1.82) is 0 Å². The summed E-state index contributed by atoms with van der Waals surface area (Å²) < 4.78 is 8.78. The lowest BCUT2D eigenvalue weighted by Gasteiger charge is -2.26. The largest absolute Gasteiger partial charge is 0.456 e. The minimum atomic E-state index is 0.861. The normalized spacial score (nSPS) is 13.5. The van der Waals surface area contributed by atoms with E-state index in [1.807, 2.05) is 12.1 Å². The maximum absolute atomic E-state index is 6.34. The average molecular weight is 819 g/mol. The quantitative estimate of drug-likeness (QED) is 0.167. The molecule has 302 valence electrons. The molecule has 0 saturated carbocycles. The molecule has 3 heteroatoms. The molecule has 64 heavy (non-hydrogen) atoms. The first-order valence-electron chi connectivity index (χ1n) is 21.9. The van der Waals surface area contributed by atoms with Crippen LogP contribution in [-0.2, 0) is 6.42 Å². The fourth-order valence-corrected chi connectivity index (χ4v) is 9.71. The van der Waals surface area contributed by atoms with Gasteiger partial charge in [0, 0.05) is 33.2 Å². The van der Waals surface area contributed by atoms with E-state index in [-0.39, 0.29) is 0 Å². The molecule has 2 heterocycles. The van der Waals surface area contributed by atoms with E-state index < -0.39 is 0 Å². The van der Waals surface area contributed by atoms with Crippen molar-refractivity contribution in [3.8, 4) is 39.1 Å². The lowest BCUT2D eigenvalue weighted by Crippen LogP contribution is -2.10. The fourth-order valence-electron chi connectivity index (χ4n) is 9.71. The Morgan fingerprint density at radius 1 is 0.453 bits per heavy atom. The molecule has 12 rings (SSSR count). The summed E-state index contributed by atoms with van der Waals surface area (Å²) in [6.07, 6.45) is 9.42. The molecule has 0 unspecified atom stereocenters. The zero-order valence-corrected chi connectivity index (χ0v) is 35.2. The summed E-state index contributed by atoms with van der Waals surface area (Å²) in [5, 5.41) is 4.62. The third-order valence-corrected chi connectivity index (χ3v) is 12.8. The number of anilines is 3. The second-order valence-electron chi connectivity index (χ2n) is 16.5. The minimum Gasteiger partial charge on any atom is -0.456 e. The standard InChI is InChI=1S/C61H42N2O/c1-41-16-5-2-8-19-44-20-11-12-23-51(44)53-40-49(34-35-50(41)53)63-56-36-30-45(42-17-6-3-7-18-42)38-54(56)55-39-46(31-37-57(55)63)43-28-32-48(33-29-43)62(47-21-9-4-10-22-47)58-25-15-27-60-61(58)52-24-13-14-26-59(52)64-60/h2-18,20-40H,1,19H2/b8-2-,16-5-. The van der Waals surface area contributed by atoms with Gasteiger partial charge in [-0.2, -0.15) is 0 Å². The van der Waals surface area contributed by atoms with E-state index in [4.69, 9.17) is 4.42 Å². The van der Waals surface area contributed by atoms with Gasteiger partial charge in [-0.1, -0.05) is 158 Å². The Morgan fingerprint density at radius 3 is 1.88 bits per heavy atom. The van der Waals surface area contributed by atoms with Crippen molar-refractivity contribution >= 4 is 66.4 Å². The monoisotopic (exact) mass is 818 g/mol. The maximum Gasteiger partial charge on any atom is 0.137 e. The summed E-state index contributed by atoms with van der Waals surface area (Å²) in [5.74, 6) is 0. The number of hydrogen-bond acceptors (Lipinski definition) is 2. The molecule has 2 aromatic heterocycles. The van der Waals surface area contributed by atoms with Gasteiger partial charge in [0.05, 0.1) is 22.1 Å². The molecule has 0 N–H and O–H groups in total. The third-order valence-electron chi connectivity index (χ3n) is 12.8. The summed E-state index contributed by atoms with van der Waals surface area (Å²) in [6.45, 7) is 4.50. The van der Waals surface area contributed by atoms with E-state index >= 15 is 0 Å². The van der Waals surface area contributed by atoms with Crippen molar-refractivity contribution in [1.82, 2.24) is 4.57 Å². The molecule has 0 fully saturated rings. The van der Waals surface area contributed by atoms with Crippen LogP contribution in [0.2, 0.25) is 0 Å².